The van der Waals surface area contributed by atoms with Gasteiger partial charge in [0.1, 0.15) is 5.52 Å². The minimum Gasteiger partial charge on any atom is -0.493 e. The fourth-order valence-corrected chi connectivity index (χ4v) is 7.09. The van der Waals surface area contributed by atoms with Crippen molar-refractivity contribution in [2.75, 3.05) is 6.54 Å². The molecule has 4 heterocycles. The van der Waals surface area contributed by atoms with Gasteiger partial charge in [-0.3, -0.25) is 9.69 Å². The normalized spacial score (nSPS) is 16.7. The Balaban J connectivity index is 1.42. The van der Waals surface area contributed by atoms with Gasteiger partial charge in [0.2, 0.25) is 5.88 Å². The van der Waals surface area contributed by atoms with E-state index in [0.717, 1.165) is 64.7 Å². The van der Waals surface area contributed by atoms with Crippen molar-refractivity contribution >= 4 is 38.4 Å². The number of pyridine rings is 1. The van der Waals surface area contributed by atoms with Gasteiger partial charge in [-0.15, -0.1) is 16.4 Å². The van der Waals surface area contributed by atoms with Crippen LogP contribution in [-0.4, -0.2) is 47.6 Å². The highest BCUT2D eigenvalue weighted by Crippen LogP contribution is 2.38. The van der Waals surface area contributed by atoms with Crippen LogP contribution in [0.15, 0.2) is 47.8 Å². The molecular formula is C31H33N5O3S. The van der Waals surface area contributed by atoms with Crippen LogP contribution in [0, 0.1) is 12.8 Å². The van der Waals surface area contributed by atoms with Crippen LogP contribution in [0.3, 0.4) is 0 Å². The number of carbonyl (C=O) groups is 1. The molecule has 1 aliphatic heterocycles. The maximum atomic E-state index is 12.1. The van der Waals surface area contributed by atoms with Crippen LogP contribution in [0.25, 0.3) is 21.1 Å². The first-order valence-corrected chi connectivity index (χ1v) is 14.6. The molecule has 0 saturated heterocycles. The Labute approximate surface area is 236 Å². The fourth-order valence-electron chi connectivity index (χ4n) is 6.20. The lowest BCUT2D eigenvalue weighted by Crippen LogP contribution is -2.27. The SMILES string of the molecule is CC[C@H]1Cc2ccc(O)nc2CN(Cc2cc([C@@H](CC(=O)O)c3ccc4c(nnn4C)c3C)cc3ccsc23)C1. The maximum absolute atomic E-state index is 12.1. The summed E-state index contributed by atoms with van der Waals surface area (Å²) in [5.74, 6) is -0.603. The second-order valence-corrected chi connectivity index (χ2v) is 11.9. The van der Waals surface area contributed by atoms with E-state index in [9.17, 15) is 15.0 Å². The molecule has 40 heavy (non-hydrogen) atoms. The summed E-state index contributed by atoms with van der Waals surface area (Å²) in [4.78, 5) is 19.0. The average Bonchev–Trinajstić information content (AvgIpc) is 3.51. The minimum atomic E-state index is -0.837. The quantitative estimate of drug-likeness (QED) is 0.262. The molecule has 9 heteroatoms. The van der Waals surface area contributed by atoms with E-state index in [-0.39, 0.29) is 18.2 Å². The van der Waals surface area contributed by atoms with Crippen molar-refractivity contribution in [2.45, 2.75) is 52.1 Å². The Bertz CT molecular complexity index is 1730. The molecule has 5 aromatic rings. The Morgan fingerprint density at radius 1 is 1.20 bits per heavy atom. The first-order chi connectivity index (χ1) is 19.3. The summed E-state index contributed by atoms with van der Waals surface area (Å²) >= 11 is 1.72. The second-order valence-electron chi connectivity index (χ2n) is 11.0. The number of aliphatic carboxylic acids is 1. The molecule has 0 unspecified atom stereocenters. The van der Waals surface area contributed by atoms with Gasteiger partial charge in [0, 0.05) is 43.4 Å². The lowest BCUT2D eigenvalue weighted by molar-refractivity contribution is -0.137. The minimum absolute atomic E-state index is 0.0140. The first kappa shape index (κ1) is 26.4. The third kappa shape index (κ3) is 4.95. The molecule has 206 valence electrons. The molecule has 0 bridgehead atoms. The van der Waals surface area contributed by atoms with Crippen molar-refractivity contribution in [3.63, 3.8) is 0 Å². The first-order valence-electron chi connectivity index (χ1n) is 13.7. The lowest BCUT2D eigenvalue weighted by atomic mass is 9.84. The van der Waals surface area contributed by atoms with Crippen molar-refractivity contribution in [1.82, 2.24) is 24.9 Å². The summed E-state index contributed by atoms with van der Waals surface area (Å²) in [7, 11) is 1.86. The van der Waals surface area contributed by atoms with E-state index in [1.807, 2.05) is 32.2 Å². The zero-order valence-electron chi connectivity index (χ0n) is 23.0. The molecule has 0 aliphatic carbocycles. The van der Waals surface area contributed by atoms with Gasteiger partial charge in [0.05, 0.1) is 17.6 Å². The van der Waals surface area contributed by atoms with Crippen LogP contribution in [-0.2, 0) is 31.4 Å². The molecule has 8 nitrogen and oxygen atoms in total. The number of thiophene rings is 1. The van der Waals surface area contributed by atoms with E-state index in [1.165, 1.54) is 15.8 Å². The summed E-state index contributed by atoms with van der Waals surface area (Å²) in [6.07, 6.45) is 2.00. The second kappa shape index (κ2) is 10.6. The van der Waals surface area contributed by atoms with E-state index in [4.69, 9.17) is 0 Å². The summed E-state index contributed by atoms with van der Waals surface area (Å²) in [5.41, 5.74) is 7.98. The van der Waals surface area contributed by atoms with Gasteiger partial charge in [-0.25, -0.2) is 9.67 Å². The molecule has 0 saturated carbocycles. The van der Waals surface area contributed by atoms with Crippen LogP contribution in [0.5, 0.6) is 5.88 Å². The zero-order chi connectivity index (χ0) is 28.0. The lowest BCUT2D eigenvalue weighted by Gasteiger charge is -2.25. The predicted octanol–water partition coefficient (Wildman–Crippen LogP) is 5.78. The smallest absolute Gasteiger partial charge is 0.304 e. The van der Waals surface area contributed by atoms with Gasteiger partial charge in [0.25, 0.3) is 0 Å². The van der Waals surface area contributed by atoms with E-state index >= 15 is 0 Å². The number of aromatic hydroxyl groups is 1. The Morgan fingerprint density at radius 3 is 2.85 bits per heavy atom. The number of aryl methyl sites for hydroxylation is 2. The van der Waals surface area contributed by atoms with Crippen LogP contribution >= 0.6 is 11.3 Å². The van der Waals surface area contributed by atoms with Gasteiger partial charge < -0.3 is 10.2 Å². The average molecular weight is 556 g/mol. The number of fused-ring (bicyclic) bond motifs is 3. The summed E-state index contributed by atoms with van der Waals surface area (Å²) in [5, 5.41) is 31.8. The van der Waals surface area contributed by atoms with Crippen LogP contribution in [0.2, 0.25) is 0 Å². The van der Waals surface area contributed by atoms with E-state index in [0.29, 0.717) is 12.5 Å². The van der Waals surface area contributed by atoms with Crippen molar-refractivity contribution in [2.24, 2.45) is 13.0 Å². The Hall–Kier alpha value is -3.82. The summed E-state index contributed by atoms with van der Waals surface area (Å²) < 4.78 is 2.96. The number of hydrogen-bond acceptors (Lipinski definition) is 7. The Morgan fingerprint density at radius 2 is 2.05 bits per heavy atom. The van der Waals surface area contributed by atoms with Crippen molar-refractivity contribution in [1.29, 1.82) is 0 Å². The number of hydrogen-bond donors (Lipinski definition) is 2. The fraction of sp³-hybridized carbons (Fsp3) is 0.355. The van der Waals surface area contributed by atoms with Gasteiger partial charge in [-0.1, -0.05) is 36.8 Å². The highest BCUT2D eigenvalue weighted by Gasteiger charge is 2.26. The predicted molar refractivity (Wildman–Crippen MR) is 157 cm³/mol. The molecule has 2 atom stereocenters. The number of benzene rings is 2. The van der Waals surface area contributed by atoms with Crippen molar-refractivity contribution < 1.29 is 15.0 Å². The van der Waals surface area contributed by atoms with Crippen LogP contribution in [0.4, 0.5) is 0 Å². The molecule has 2 aromatic carbocycles. The highest BCUT2D eigenvalue weighted by atomic mass is 32.1. The van der Waals surface area contributed by atoms with Crippen LogP contribution in [0.1, 0.15) is 59.2 Å². The van der Waals surface area contributed by atoms with E-state index in [1.54, 1.807) is 22.1 Å². The van der Waals surface area contributed by atoms with Gasteiger partial charge in [-0.2, -0.15) is 0 Å². The van der Waals surface area contributed by atoms with Gasteiger partial charge in [0.15, 0.2) is 0 Å². The van der Waals surface area contributed by atoms with E-state index < -0.39 is 5.97 Å². The van der Waals surface area contributed by atoms with Crippen molar-refractivity contribution in [3.05, 3.63) is 81.4 Å². The molecule has 1 aliphatic rings. The molecule has 0 amide bonds. The largest absolute Gasteiger partial charge is 0.493 e. The number of carboxylic acids is 1. The number of aromatic nitrogens is 4. The molecule has 2 N–H and O–H groups in total. The molecule has 6 rings (SSSR count). The summed E-state index contributed by atoms with van der Waals surface area (Å²) in [6, 6.07) is 14.2. The Kier molecular flexibility index (Phi) is 7.02. The molecule has 0 spiro atoms. The third-order valence-corrected chi connectivity index (χ3v) is 9.32. The highest BCUT2D eigenvalue weighted by molar-refractivity contribution is 7.17. The number of carboxylic acid groups (broad SMARTS) is 1. The molecule has 0 radical (unpaired) electrons. The summed E-state index contributed by atoms with van der Waals surface area (Å²) in [6.45, 7) is 6.56. The van der Waals surface area contributed by atoms with Gasteiger partial charge in [-0.05, 0) is 76.0 Å². The molecule has 3 aromatic heterocycles. The maximum Gasteiger partial charge on any atom is 0.304 e. The number of nitrogens with zero attached hydrogens (tertiary/aromatic N) is 5. The number of rotatable bonds is 7. The van der Waals surface area contributed by atoms with Gasteiger partial charge >= 0.3 is 5.97 Å². The molecule has 0 fully saturated rings. The topological polar surface area (TPSA) is 104 Å². The van der Waals surface area contributed by atoms with E-state index in [2.05, 4.69) is 50.7 Å². The monoisotopic (exact) mass is 555 g/mol. The third-order valence-electron chi connectivity index (χ3n) is 8.31. The molecular weight excluding hydrogens is 522 g/mol. The van der Waals surface area contributed by atoms with Crippen molar-refractivity contribution in [3.8, 4) is 5.88 Å². The zero-order valence-corrected chi connectivity index (χ0v) is 23.8. The van der Waals surface area contributed by atoms with Crippen LogP contribution < -0.4 is 0 Å². The standard InChI is InChI=1S/C31H33N5O3S/c1-4-19-11-20-5-8-28(37)32-26(20)17-36(15-19)16-23-13-22(12-21-9-10-40-31(21)23)25(14-29(38)39)24-6-7-27-30(18(24)2)33-34-35(27)3/h5-10,12-13,19,25H,4,11,14-17H2,1-3H3,(H,32,37)(H,38,39)/t19-,25+/m0/s1.